The van der Waals surface area contributed by atoms with E-state index in [1.807, 2.05) is 39.0 Å². The van der Waals surface area contributed by atoms with Crippen LogP contribution >= 0.6 is 15.9 Å². The summed E-state index contributed by atoms with van der Waals surface area (Å²) in [5.41, 5.74) is 1.83. The van der Waals surface area contributed by atoms with Crippen molar-refractivity contribution in [1.82, 2.24) is 0 Å². The lowest BCUT2D eigenvalue weighted by Crippen LogP contribution is -2.20. The molecule has 0 radical (unpaired) electrons. The van der Waals surface area contributed by atoms with Gasteiger partial charge in [-0.3, -0.25) is 4.72 Å². The average molecular weight is 362 g/mol. The predicted octanol–water partition coefficient (Wildman–Crippen LogP) is 4.19. The zero-order valence-corrected chi connectivity index (χ0v) is 14.9. The third kappa shape index (κ3) is 7.29. The second-order valence-corrected chi connectivity index (χ2v) is 8.86. The molecule has 0 bridgehead atoms. The molecular formula is C15H24BrNO2S. The Labute approximate surface area is 131 Å². The van der Waals surface area contributed by atoms with Gasteiger partial charge >= 0.3 is 0 Å². The molecule has 0 fully saturated rings. The van der Waals surface area contributed by atoms with Crippen molar-refractivity contribution in [3.63, 3.8) is 0 Å². The van der Waals surface area contributed by atoms with Gasteiger partial charge < -0.3 is 0 Å². The van der Waals surface area contributed by atoms with E-state index in [2.05, 4.69) is 20.7 Å². The van der Waals surface area contributed by atoms with Gasteiger partial charge in [0.1, 0.15) is 0 Å². The van der Waals surface area contributed by atoms with Crippen LogP contribution in [0, 0.1) is 5.41 Å². The van der Waals surface area contributed by atoms with Gasteiger partial charge in [0, 0.05) is 11.0 Å². The summed E-state index contributed by atoms with van der Waals surface area (Å²) in [4.78, 5) is 0. The maximum Gasteiger partial charge on any atom is 0.232 e. The smallest absolute Gasteiger partial charge is 0.232 e. The van der Waals surface area contributed by atoms with Gasteiger partial charge in [0.05, 0.1) is 5.75 Å². The highest BCUT2D eigenvalue weighted by Gasteiger charge is 2.17. The first-order valence-corrected chi connectivity index (χ1v) is 9.65. The quantitative estimate of drug-likeness (QED) is 0.740. The molecule has 0 aliphatic carbocycles. The van der Waals surface area contributed by atoms with Crippen LogP contribution in [-0.4, -0.2) is 19.5 Å². The molecule has 114 valence electrons. The molecule has 5 heteroatoms. The van der Waals surface area contributed by atoms with E-state index < -0.39 is 10.0 Å². The third-order valence-corrected chi connectivity index (χ3v) is 4.77. The third-order valence-electron chi connectivity index (χ3n) is 2.92. The Balaban J connectivity index is 2.67. The number of hydrogen-bond donors (Lipinski definition) is 1. The van der Waals surface area contributed by atoms with E-state index in [4.69, 9.17) is 0 Å². The minimum Gasteiger partial charge on any atom is -0.284 e. The van der Waals surface area contributed by atoms with Gasteiger partial charge in [-0.2, -0.15) is 0 Å². The van der Waals surface area contributed by atoms with Crippen LogP contribution in [-0.2, 0) is 16.4 Å². The fraction of sp³-hybridized carbons (Fsp3) is 0.600. The first kappa shape index (κ1) is 17.5. The van der Waals surface area contributed by atoms with E-state index in [0.29, 0.717) is 12.1 Å². The van der Waals surface area contributed by atoms with Crippen molar-refractivity contribution in [3.8, 4) is 0 Å². The Hall–Kier alpha value is -0.550. The molecule has 1 aromatic rings. The summed E-state index contributed by atoms with van der Waals surface area (Å²) >= 11 is 3.40. The molecule has 0 amide bonds. The van der Waals surface area contributed by atoms with Crippen LogP contribution < -0.4 is 4.72 Å². The number of nitrogens with one attached hydrogen (secondary N) is 1. The normalized spacial score (nSPS) is 12.4. The molecule has 0 heterocycles. The Morgan fingerprint density at radius 1 is 1.25 bits per heavy atom. The van der Waals surface area contributed by atoms with E-state index in [-0.39, 0.29) is 11.2 Å². The van der Waals surface area contributed by atoms with Crippen molar-refractivity contribution in [2.75, 3.05) is 15.8 Å². The second kappa shape index (κ2) is 7.46. The van der Waals surface area contributed by atoms with E-state index >= 15 is 0 Å². The first-order chi connectivity index (χ1) is 9.22. The summed E-state index contributed by atoms with van der Waals surface area (Å²) in [6.45, 7) is 6.14. The molecule has 1 aromatic carbocycles. The van der Waals surface area contributed by atoms with E-state index in [1.54, 1.807) is 6.07 Å². The molecule has 0 aromatic heterocycles. The number of aryl methyl sites for hydroxylation is 1. The van der Waals surface area contributed by atoms with Crippen LogP contribution in [0.5, 0.6) is 0 Å². The van der Waals surface area contributed by atoms with Crippen molar-refractivity contribution in [2.45, 2.75) is 40.0 Å². The zero-order chi connectivity index (χ0) is 15.2. The van der Waals surface area contributed by atoms with Crippen LogP contribution in [0.25, 0.3) is 0 Å². The molecule has 1 N–H and O–H groups in total. The maximum absolute atomic E-state index is 12.1. The van der Waals surface area contributed by atoms with Crippen LogP contribution in [0.1, 0.15) is 39.2 Å². The molecule has 20 heavy (non-hydrogen) atoms. The lowest BCUT2D eigenvalue weighted by molar-refractivity contribution is 0.397. The SMILES string of the molecule is CC(C)(C)CCS(=O)(=O)Nc1cccc(CCCBr)c1. The molecule has 0 saturated heterocycles. The van der Waals surface area contributed by atoms with Crippen LogP contribution in [0.4, 0.5) is 5.69 Å². The minimum absolute atomic E-state index is 0.0203. The summed E-state index contributed by atoms with van der Waals surface area (Å²) in [5, 5.41) is 0.953. The standard InChI is InChI=1S/C15H24BrNO2S/c1-15(2,3)9-11-20(18,19)17-14-8-4-6-13(12-14)7-5-10-16/h4,6,8,12,17H,5,7,9-11H2,1-3H3. The maximum atomic E-state index is 12.1. The van der Waals surface area contributed by atoms with Crippen molar-refractivity contribution < 1.29 is 8.42 Å². The first-order valence-electron chi connectivity index (χ1n) is 6.87. The molecule has 3 nitrogen and oxygen atoms in total. The van der Waals surface area contributed by atoms with Crippen LogP contribution in [0.2, 0.25) is 0 Å². The highest BCUT2D eigenvalue weighted by Crippen LogP contribution is 2.20. The summed E-state index contributed by atoms with van der Waals surface area (Å²) in [5.74, 6) is 0.155. The highest BCUT2D eigenvalue weighted by molar-refractivity contribution is 9.09. The number of benzene rings is 1. The molecular weight excluding hydrogens is 338 g/mol. The van der Waals surface area contributed by atoms with Crippen molar-refractivity contribution in [1.29, 1.82) is 0 Å². The number of hydrogen-bond acceptors (Lipinski definition) is 2. The summed E-state index contributed by atoms with van der Waals surface area (Å²) in [6.07, 6.45) is 2.63. The molecule has 0 aliphatic heterocycles. The summed E-state index contributed by atoms with van der Waals surface area (Å²) in [7, 11) is -3.26. The van der Waals surface area contributed by atoms with Gasteiger partial charge in [0.25, 0.3) is 0 Å². The van der Waals surface area contributed by atoms with Gasteiger partial charge in [-0.1, -0.05) is 48.8 Å². The van der Waals surface area contributed by atoms with Crippen molar-refractivity contribution >= 4 is 31.6 Å². The number of rotatable bonds is 7. The van der Waals surface area contributed by atoms with E-state index in [9.17, 15) is 8.42 Å². The van der Waals surface area contributed by atoms with E-state index in [1.165, 1.54) is 0 Å². The second-order valence-electron chi connectivity index (χ2n) is 6.22. The van der Waals surface area contributed by atoms with E-state index in [0.717, 1.165) is 23.7 Å². The molecule has 0 spiro atoms. The lowest BCUT2D eigenvalue weighted by Gasteiger charge is -2.18. The monoisotopic (exact) mass is 361 g/mol. The Kier molecular flexibility index (Phi) is 6.52. The molecule has 1 rings (SSSR count). The molecule has 0 aliphatic rings. The van der Waals surface area contributed by atoms with Crippen LogP contribution in [0.3, 0.4) is 0 Å². The van der Waals surface area contributed by atoms with Gasteiger partial charge in [0.15, 0.2) is 0 Å². The topological polar surface area (TPSA) is 46.2 Å². The molecule has 0 saturated carbocycles. The Bertz CT molecular complexity index is 521. The van der Waals surface area contributed by atoms with Gasteiger partial charge in [-0.15, -0.1) is 0 Å². The van der Waals surface area contributed by atoms with Gasteiger partial charge in [-0.25, -0.2) is 8.42 Å². The molecule has 0 atom stereocenters. The highest BCUT2D eigenvalue weighted by atomic mass is 79.9. The van der Waals surface area contributed by atoms with Crippen LogP contribution in [0.15, 0.2) is 24.3 Å². The number of anilines is 1. The molecule has 0 unspecified atom stereocenters. The number of alkyl halides is 1. The predicted molar refractivity (Wildman–Crippen MR) is 90.0 cm³/mol. The Morgan fingerprint density at radius 3 is 2.55 bits per heavy atom. The zero-order valence-electron chi connectivity index (χ0n) is 12.4. The minimum atomic E-state index is -3.26. The fourth-order valence-electron chi connectivity index (χ4n) is 1.73. The lowest BCUT2D eigenvalue weighted by atomic mass is 9.94. The van der Waals surface area contributed by atoms with Gasteiger partial charge in [0.2, 0.25) is 10.0 Å². The van der Waals surface area contributed by atoms with Crippen molar-refractivity contribution in [3.05, 3.63) is 29.8 Å². The fourth-order valence-corrected chi connectivity index (χ4v) is 3.48. The van der Waals surface area contributed by atoms with Gasteiger partial charge in [-0.05, 0) is 42.4 Å². The average Bonchev–Trinajstić information content (AvgIpc) is 2.33. The Morgan fingerprint density at radius 2 is 1.95 bits per heavy atom. The summed E-state index contributed by atoms with van der Waals surface area (Å²) < 4.78 is 26.8. The number of halogens is 1. The summed E-state index contributed by atoms with van der Waals surface area (Å²) in [6, 6.07) is 7.63. The van der Waals surface area contributed by atoms with Crippen molar-refractivity contribution in [2.24, 2.45) is 5.41 Å². The number of sulfonamides is 1. The largest absolute Gasteiger partial charge is 0.284 e.